The molecule has 1 N–H and O–H groups in total. The molecule has 1 aliphatic rings. The molecule has 2 amide bonds. The molecule has 35 heavy (non-hydrogen) atoms. The van der Waals surface area contributed by atoms with Crippen molar-refractivity contribution in [1.82, 2.24) is 14.5 Å². The van der Waals surface area contributed by atoms with Crippen LogP contribution in [0.5, 0.6) is 5.75 Å². The Labute approximate surface area is 205 Å². The van der Waals surface area contributed by atoms with E-state index in [0.29, 0.717) is 17.9 Å². The van der Waals surface area contributed by atoms with Gasteiger partial charge in [0.15, 0.2) is 6.61 Å². The molecule has 3 aromatic rings. The zero-order chi connectivity index (χ0) is 24.7. The Morgan fingerprint density at radius 3 is 2.09 bits per heavy atom. The highest BCUT2D eigenvalue weighted by atomic mass is 32.2. The number of benzene rings is 3. The second-order valence-corrected chi connectivity index (χ2v) is 9.99. The van der Waals surface area contributed by atoms with E-state index in [4.69, 9.17) is 4.74 Å². The number of carbonyl (C=O) groups is 2. The maximum atomic E-state index is 12.8. The molecule has 1 fully saturated rings. The summed E-state index contributed by atoms with van der Waals surface area (Å²) in [7, 11) is -3.59. The van der Waals surface area contributed by atoms with Gasteiger partial charge in [0.1, 0.15) is 5.75 Å². The van der Waals surface area contributed by atoms with Crippen molar-refractivity contribution in [1.29, 1.82) is 0 Å². The highest BCUT2D eigenvalue weighted by molar-refractivity contribution is 7.89. The molecule has 0 aliphatic carbocycles. The van der Waals surface area contributed by atoms with Gasteiger partial charge in [-0.2, -0.15) is 4.31 Å². The summed E-state index contributed by atoms with van der Waals surface area (Å²) >= 11 is 0. The Morgan fingerprint density at radius 1 is 0.800 bits per heavy atom. The molecule has 0 saturated carbocycles. The number of hydrogen-bond donors (Lipinski definition) is 1. The third-order valence-electron chi connectivity index (χ3n) is 5.75. The normalized spacial score (nSPS) is 14.3. The minimum atomic E-state index is -3.59. The van der Waals surface area contributed by atoms with Crippen molar-refractivity contribution < 1.29 is 22.7 Å². The van der Waals surface area contributed by atoms with Crippen molar-refractivity contribution in [2.45, 2.75) is 11.4 Å². The second kappa shape index (κ2) is 11.2. The van der Waals surface area contributed by atoms with E-state index in [-0.39, 0.29) is 49.5 Å². The fourth-order valence-electron chi connectivity index (χ4n) is 3.80. The number of carbonyl (C=O) groups excluding carboxylic acids is 2. The van der Waals surface area contributed by atoms with Gasteiger partial charge >= 0.3 is 0 Å². The Bertz CT molecular complexity index is 1260. The van der Waals surface area contributed by atoms with E-state index in [1.54, 1.807) is 59.5 Å². The van der Waals surface area contributed by atoms with Crippen LogP contribution in [0.1, 0.15) is 15.9 Å². The predicted octanol–water partition coefficient (Wildman–Crippen LogP) is 2.53. The van der Waals surface area contributed by atoms with Gasteiger partial charge in [0.05, 0.1) is 10.5 Å². The summed E-state index contributed by atoms with van der Waals surface area (Å²) in [6.07, 6.45) is 0. The van der Waals surface area contributed by atoms with Crippen LogP contribution in [0, 0.1) is 0 Å². The van der Waals surface area contributed by atoms with Crippen LogP contribution in [0.25, 0.3) is 0 Å². The first-order valence-corrected chi connectivity index (χ1v) is 12.8. The highest BCUT2D eigenvalue weighted by Crippen LogP contribution is 2.20. The van der Waals surface area contributed by atoms with Crippen molar-refractivity contribution in [3.05, 3.63) is 96.1 Å². The second-order valence-electron chi connectivity index (χ2n) is 8.05. The predicted molar refractivity (Wildman–Crippen MR) is 131 cm³/mol. The molecule has 1 heterocycles. The molecule has 0 aromatic heterocycles. The molecule has 0 unspecified atom stereocenters. The van der Waals surface area contributed by atoms with Gasteiger partial charge < -0.3 is 15.0 Å². The molecule has 1 aliphatic heterocycles. The summed E-state index contributed by atoms with van der Waals surface area (Å²) in [5.74, 6) is -0.241. The van der Waals surface area contributed by atoms with Crippen LogP contribution >= 0.6 is 0 Å². The SMILES string of the molecule is O=C(NCc1ccccc1)c1ccccc1OCC(=O)N1CCN(S(=O)(=O)c2ccccc2)CC1. The Morgan fingerprint density at radius 2 is 1.40 bits per heavy atom. The average Bonchev–Trinajstić information content (AvgIpc) is 2.91. The smallest absolute Gasteiger partial charge is 0.260 e. The van der Waals surface area contributed by atoms with E-state index in [1.165, 1.54) is 4.31 Å². The quantitative estimate of drug-likeness (QED) is 0.520. The van der Waals surface area contributed by atoms with Gasteiger partial charge in [0.25, 0.3) is 11.8 Å². The van der Waals surface area contributed by atoms with E-state index in [1.807, 2.05) is 30.3 Å². The number of para-hydroxylation sites is 1. The van der Waals surface area contributed by atoms with Crippen molar-refractivity contribution >= 4 is 21.8 Å². The standard InChI is InChI=1S/C26H27N3O5S/c30-25(28-15-17-29(18-16-28)35(32,33)22-11-5-2-6-12-22)20-34-24-14-8-7-13-23(24)26(31)27-19-21-9-3-1-4-10-21/h1-14H,15-20H2,(H,27,31). The molecule has 4 rings (SSSR count). The fourth-order valence-corrected chi connectivity index (χ4v) is 5.25. The van der Waals surface area contributed by atoms with E-state index in [2.05, 4.69) is 5.32 Å². The van der Waals surface area contributed by atoms with E-state index in [9.17, 15) is 18.0 Å². The van der Waals surface area contributed by atoms with E-state index >= 15 is 0 Å². The molecule has 3 aromatic carbocycles. The number of nitrogens with one attached hydrogen (secondary N) is 1. The first-order chi connectivity index (χ1) is 16.9. The first-order valence-electron chi connectivity index (χ1n) is 11.3. The minimum Gasteiger partial charge on any atom is -0.483 e. The molecular weight excluding hydrogens is 466 g/mol. The Hall–Kier alpha value is -3.69. The number of ether oxygens (including phenoxy) is 1. The summed E-state index contributed by atoms with van der Waals surface area (Å²) in [5, 5.41) is 2.86. The van der Waals surface area contributed by atoms with Gasteiger partial charge in [0, 0.05) is 32.7 Å². The topological polar surface area (TPSA) is 96.0 Å². The number of sulfonamides is 1. The Kier molecular flexibility index (Phi) is 7.79. The lowest BCUT2D eigenvalue weighted by molar-refractivity contribution is -0.134. The highest BCUT2D eigenvalue weighted by Gasteiger charge is 2.30. The fraction of sp³-hybridized carbons (Fsp3) is 0.231. The molecule has 8 nitrogen and oxygen atoms in total. The van der Waals surface area contributed by atoms with Crippen LogP contribution in [-0.4, -0.2) is 62.2 Å². The molecule has 0 bridgehead atoms. The first kappa shape index (κ1) is 24.4. The molecule has 0 radical (unpaired) electrons. The van der Waals surface area contributed by atoms with E-state index < -0.39 is 10.0 Å². The number of rotatable bonds is 8. The maximum Gasteiger partial charge on any atom is 0.260 e. The number of piperazine rings is 1. The maximum absolute atomic E-state index is 12.8. The van der Waals surface area contributed by atoms with Crippen LogP contribution in [-0.2, 0) is 21.4 Å². The van der Waals surface area contributed by atoms with Gasteiger partial charge in [-0.1, -0.05) is 60.7 Å². The lowest BCUT2D eigenvalue weighted by atomic mass is 10.1. The van der Waals surface area contributed by atoms with Gasteiger partial charge in [-0.25, -0.2) is 8.42 Å². The summed E-state index contributed by atoms with van der Waals surface area (Å²) in [6.45, 7) is 1.10. The monoisotopic (exact) mass is 493 g/mol. The number of amides is 2. The third kappa shape index (κ3) is 6.06. The Balaban J connectivity index is 1.30. The lowest BCUT2D eigenvalue weighted by Crippen LogP contribution is -2.51. The average molecular weight is 494 g/mol. The summed E-state index contributed by atoms with van der Waals surface area (Å²) in [4.78, 5) is 27.2. The van der Waals surface area contributed by atoms with Gasteiger partial charge in [-0.05, 0) is 29.8 Å². The van der Waals surface area contributed by atoms with Crippen LogP contribution in [0.4, 0.5) is 0 Å². The zero-order valence-electron chi connectivity index (χ0n) is 19.2. The molecule has 1 saturated heterocycles. The van der Waals surface area contributed by atoms with Crippen LogP contribution in [0.15, 0.2) is 89.8 Å². The van der Waals surface area contributed by atoms with Crippen molar-refractivity contribution in [3.8, 4) is 5.75 Å². The summed E-state index contributed by atoms with van der Waals surface area (Å²) < 4.78 is 32.7. The minimum absolute atomic E-state index is 0.210. The van der Waals surface area contributed by atoms with E-state index in [0.717, 1.165) is 5.56 Å². The molecule has 9 heteroatoms. The summed E-state index contributed by atoms with van der Waals surface area (Å²) in [5.41, 5.74) is 1.32. The number of hydrogen-bond acceptors (Lipinski definition) is 5. The largest absolute Gasteiger partial charge is 0.483 e. The zero-order valence-corrected chi connectivity index (χ0v) is 20.0. The van der Waals surface area contributed by atoms with Crippen molar-refractivity contribution in [3.63, 3.8) is 0 Å². The molecule has 0 atom stereocenters. The third-order valence-corrected chi connectivity index (χ3v) is 7.66. The van der Waals surface area contributed by atoms with Crippen LogP contribution in [0.2, 0.25) is 0 Å². The molecular formula is C26H27N3O5S. The van der Waals surface area contributed by atoms with Crippen LogP contribution in [0.3, 0.4) is 0 Å². The van der Waals surface area contributed by atoms with Crippen LogP contribution < -0.4 is 10.1 Å². The molecule has 0 spiro atoms. The van der Waals surface area contributed by atoms with Gasteiger partial charge in [-0.15, -0.1) is 0 Å². The van der Waals surface area contributed by atoms with Crippen molar-refractivity contribution in [2.24, 2.45) is 0 Å². The number of nitrogens with zero attached hydrogens (tertiary/aromatic N) is 2. The molecule has 182 valence electrons. The van der Waals surface area contributed by atoms with Gasteiger partial charge in [0.2, 0.25) is 10.0 Å². The van der Waals surface area contributed by atoms with Gasteiger partial charge in [-0.3, -0.25) is 9.59 Å². The summed E-state index contributed by atoms with van der Waals surface area (Å²) in [6, 6.07) is 24.6. The lowest BCUT2D eigenvalue weighted by Gasteiger charge is -2.34. The van der Waals surface area contributed by atoms with Crippen molar-refractivity contribution in [2.75, 3.05) is 32.8 Å².